The SMILES string of the molecule is c1ccc2sc(-c3csc4c3CCNC4)nc2c1. The fraction of sp³-hybridized carbons (Fsp3) is 0.214. The van der Waals surface area contributed by atoms with E-state index in [1.54, 1.807) is 11.3 Å². The number of para-hydroxylation sites is 1. The van der Waals surface area contributed by atoms with E-state index in [1.165, 1.54) is 25.7 Å². The summed E-state index contributed by atoms with van der Waals surface area (Å²) in [5.41, 5.74) is 3.99. The molecule has 1 N–H and O–H groups in total. The lowest BCUT2D eigenvalue weighted by Crippen LogP contribution is -2.22. The molecule has 2 nitrogen and oxygen atoms in total. The third-order valence-corrected chi connectivity index (χ3v) is 5.44. The van der Waals surface area contributed by atoms with Crippen LogP contribution >= 0.6 is 22.7 Å². The topological polar surface area (TPSA) is 24.9 Å². The average Bonchev–Trinajstić information content (AvgIpc) is 3.02. The number of hydrogen-bond acceptors (Lipinski definition) is 4. The number of rotatable bonds is 1. The largest absolute Gasteiger partial charge is 0.312 e. The van der Waals surface area contributed by atoms with Crippen LogP contribution in [0.25, 0.3) is 20.8 Å². The van der Waals surface area contributed by atoms with E-state index < -0.39 is 0 Å². The molecule has 0 amide bonds. The first-order valence-corrected chi connectivity index (χ1v) is 7.77. The molecule has 0 unspecified atom stereocenters. The molecule has 18 heavy (non-hydrogen) atoms. The van der Waals surface area contributed by atoms with E-state index in [9.17, 15) is 0 Å². The van der Waals surface area contributed by atoms with Crippen LogP contribution < -0.4 is 5.32 Å². The lowest BCUT2D eigenvalue weighted by atomic mass is 10.1. The van der Waals surface area contributed by atoms with Gasteiger partial charge in [0.2, 0.25) is 0 Å². The van der Waals surface area contributed by atoms with Gasteiger partial charge >= 0.3 is 0 Å². The van der Waals surface area contributed by atoms with E-state index in [0.29, 0.717) is 0 Å². The number of nitrogens with zero attached hydrogens (tertiary/aromatic N) is 1. The highest BCUT2D eigenvalue weighted by molar-refractivity contribution is 7.22. The zero-order valence-electron chi connectivity index (χ0n) is 9.77. The molecule has 0 bridgehead atoms. The van der Waals surface area contributed by atoms with Gasteiger partial charge in [0.15, 0.2) is 0 Å². The zero-order chi connectivity index (χ0) is 11.9. The molecule has 0 atom stereocenters. The highest BCUT2D eigenvalue weighted by Gasteiger charge is 2.18. The van der Waals surface area contributed by atoms with Gasteiger partial charge in [-0.05, 0) is 30.7 Å². The summed E-state index contributed by atoms with van der Waals surface area (Å²) >= 11 is 3.66. The van der Waals surface area contributed by atoms with Gasteiger partial charge in [0.05, 0.1) is 10.2 Å². The number of hydrogen-bond donors (Lipinski definition) is 1. The lowest BCUT2D eigenvalue weighted by molar-refractivity contribution is 0.655. The third-order valence-electron chi connectivity index (χ3n) is 3.34. The highest BCUT2D eigenvalue weighted by Crippen LogP contribution is 2.37. The van der Waals surface area contributed by atoms with Gasteiger partial charge in [0, 0.05) is 22.4 Å². The molecule has 0 spiro atoms. The Kier molecular flexibility index (Phi) is 2.46. The smallest absolute Gasteiger partial charge is 0.125 e. The molecule has 3 heterocycles. The van der Waals surface area contributed by atoms with E-state index in [1.807, 2.05) is 11.3 Å². The summed E-state index contributed by atoms with van der Waals surface area (Å²) in [6.45, 7) is 2.10. The van der Waals surface area contributed by atoms with Crippen molar-refractivity contribution in [2.75, 3.05) is 6.54 Å². The van der Waals surface area contributed by atoms with Gasteiger partial charge in [-0.3, -0.25) is 0 Å². The van der Waals surface area contributed by atoms with Crippen molar-refractivity contribution < 1.29 is 0 Å². The minimum Gasteiger partial charge on any atom is -0.312 e. The second-order valence-electron chi connectivity index (χ2n) is 4.46. The Morgan fingerprint density at radius 3 is 3.11 bits per heavy atom. The molecule has 3 aromatic rings. The molecule has 2 aromatic heterocycles. The maximum absolute atomic E-state index is 4.77. The minimum absolute atomic E-state index is 1.02. The fourth-order valence-electron chi connectivity index (χ4n) is 2.43. The van der Waals surface area contributed by atoms with Crippen LogP contribution in [0.4, 0.5) is 0 Å². The monoisotopic (exact) mass is 272 g/mol. The molecule has 1 aromatic carbocycles. The summed E-state index contributed by atoms with van der Waals surface area (Å²) < 4.78 is 1.28. The standard InChI is InChI=1S/C14H12N2S2/c1-2-4-12-11(3-1)16-14(18-12)10-8-17-13-7-15-6-5-9(10)13/h1-4,8,15H,5-7H2. The molecule has 0 saturated carbocycles. The van der Waals surface area contributed by atoms with Crippen molar-refractivity contribution in [3.8, 4) is 10.6 Å². The summed E-state index contributed by atoms with van der Waals surface area (Å²) in [5, 5.41) is 6.88. The molecule has 1 aliphatic heterocycles. The molecular formula is C14H12N2S2. The van der Waals surface area contributed by atoms with Gasteiger partial charge in [-0.1, -0.05) is 12.1 Å². The summed E-state index contributed by atoms with van der Waals surface area (Å²) in [5.74, 6) is 0. The average molecular weight is 272 g/mol. The summed E-state index contributed by atoms with van der Waals surface area (Å²) in [7, 11) is 0. The van der Waals surface area contributed by atoms with Gasteiger partial charge in [-0.25, -0.2) is 4.98 Å². The fourth-order valence-corrected chi connectivity index (χ4v) is 4.56. The van der Waals surface area contributed by atoms with Gasteiger partial charge in [0.25, 0.3) is 0 Å². The molecule has 4 heteroatoms. The van der Waals surface area contributed by atoms with Crippen molar-refractivity contribution in [3.63, 3.8) is 0 Å². The number of aromatic nitrogens is 1. The van der Waals surface area contributed by atoms with Crippen LogP contribution in [0.15, 0.2) is 29.6 Å². The summed E-state index contributed by atoms with van der Waals surface area (Å²) in [6, 6.07) is 8.38. The van der Waals surface area contributed by atoms with E-state index >= 15 is 0 Å². The Hall–Kier alpha value is -1.23. The van der Waals surface area contributed by atoms with Crippen LogP contribution in [0.1, 0.15) is 10.4 Å². The molecule has 4 rings (SSSR count). The van der Waals surface area contributed by atoms with Gasteiger partial charge in [-0.2, -0.15) is 0 Å². The molecule has 0 aliphatic carbocycles. The van der Waals surface area contributed by atoms with Crippen LogP contribution in [-0.2, 0) is 13.0 Å². The first-order chi connectivity index (χ1) is 8.92. The predicted octanol–water partition coefficient (Wildman–Crippen LogP) is 3.67. The van der Waals surface area contributed by atoms with Crippen molar-refractivity contribution in [2.45, 2.75) is 13.0 Å². The number of fused-ring (bicyclic) bond motifs is 2. The normalized spacial score (nSPS) is 14.9. The van der Waals surface area contributed by atoms with E-state index in [4.69, 9.17) is 4.98 Å². The van der Waals surface area contributed by atoms with Crippen molar-refractivity contribution >= 4 is 32.9 Å². The van der Waals surface area contributed by atoms with E-state index in [2.05, 4.69) is 35.0 Å². The molecule has 0 fully saturated rings. The van der Waals surface area contributed by atoms with Gasteiger partial charge in [-0.15, -0.1) is 22.7 Å². The van der Waals surface area contributed by atoms with E-state index in [-0.39, 0.29) is 0 Å². The Balaban J connectivity index is 1.89. The van der Waals surface area contributed by atoms with Gasteiger partial charge < -0.3 is 5.32 Å². The third kappa shape index (κ3) is 1.61. The maximum atomic E-state index is 4.77. The highest BCUT2D eigenvalue weighted by atomic mass is 32.1. The Bertz CT molecular complexity index is 678. The number of nitrogens with one attached hydrogen (secondary N) is 1. The molecule has 90 valence electrons. The van der Waals surface area contributed by atoms with Crippen molar-refractivity contribution in [3.05, 3.63) is 40.1 Å². The molecule has 0 saturated heterocycles. The van der Waals surface area contributed by atoms with Crippen LogP contribution in [0.5, 0.6) is 0 Å². The Morgan fingerprint density at radius 1 is 1.22 bits per heavy atom. The van der Waals surface area contributed by atoms with Crippen LogP contribution in [0.2, 0.25) is 0 Å². The first-order valence-electron chi connectivity index (χ1n) is 6.08. The molecule has 0 radical (unpaired) electrons. The number of thiazole rings is 1. The van der Waals surface area contributed by atoms with Crippen LogP contribution in [0, 0.1) is 0 Å². The summed E-state index contributed by atoms with van der Waals surface area (Å²) in [6.07, 6.45) is 1.13. The lowest BCUT2D eigenvalue weighted by Gasteiger charge is -2.13. The van der Waals surface area contributed by atoms with Crippen LogP contribution in [-0.4, -0.2) is 11.5 Å². The molecular weight excluding hydrogens is 260 g/mol. The van der Waals surface area contributed by atoms with Crippen molar-refractivity contribution in [2.24, 2.45) is 0 Å². The second kappa shape index (κ2) is 4.16. The summed E-state index contributed by atoms with van der Waals surface area (Å²) in [4.78, 5) is 6.25. The Morgan fingerprint density at radius 2 is 2.17 bits per heavy atom. The zero-order valence-corrected chi connectivity index (χ0v) is 11.4. The Labute approximate surface area is 113 Å². The first kappa shape index (κ1) is 10.7. The van der Waals surface area contributed by atoms with E-state index in [0.717, 1.165) is 25.0 Å². The number of benzene rings is 1. The quantitative estimate of drug-likeness (QED) is 0.731. The van der Waals surface area contributed by atoms with Crippen LogP contribution in [0.3, 0.4) is 0 Å². The van der Waals surface area contributed by atoms with Crippen molar-refractivity contribution in [1.82, 2.24) is 10.3 Å². The maximum Gasteiger partial charge on any atom is 0.125 e. The number of thiophene rings is 1. The second-order valence-corrected chi connectivity index (χ2v) is 6.46. The minimum atomic E-state index is 1.02. The van der Waals surface area contributed by atoms with Crippen molar-refractivity contribution in [1.29, 1.82) is 0 Å². The molecule has 1 aliphatic rings. The van der Waals surface area contributed by atoms with Gasteiger partial charge in [0.1, 0.15) is 5.01 Å². The predicted molar refractivity (Wildman–Crippen MR) is 78.3 cm³/mol.